The number of nitrogens with two attached hydrogens (primary N) is 1. The topological polar surface area (TPSA) is 97.8 Å². The summed E-state index contributed by atoms with van der Waals surface area (Å²) in [5, 5.41) is 7.58. The Balaban J connectivity index is 1.17. The van der Waals surface area contributed by atoms with Crippen molar-refractivity contribution in [2.45, 2.75) is 32.2 Å². The summed E-state index contributed by atoms with van der Waals surface area (Å²) in [4.78, 5) is 14.7. The number of pyridine rings is 2. The molecule has 1 aliphatic heterocycles. The molecule has 0 unspecified atom stereocenters. The van der Waals surface area contributed by atoms with E-state index in [1.54, 1.807) is 16.9 Å². The zero-order valence-electron chi connectivity index (χ0n) is 20.4. The number of hydrogen-bond acceptors (Lipinski definition) is 7. The Hall–Kier alpha value is -4.22. The van der Waals surface area contributed by atoms with Gasteiger partial charge >= 0.3 is 0 Å². The van der Waals surface area contributed by atoms with Crippen molar-refractivity contribution in [3.8, 4) is 22.5 Å². The molecule has 196 valence electrons. The minimum absolute atomic E-state index is 0.0236. The highest BCUT2D eigenvalue weighted by molar-refractivity contribution is 5.70. The Kier molecular flexibility index (Phi) is 5.51. The van der Waals surface area contributed by atoms with Gasteiger partial charge in [-0.25, -0.2) is 32.2 Å². The second-order valence-electron chi connectivity index (χ2n) is 9.92. The van der Waals surface area contributed by atoms with E-state index in [2.05, 4.69) is 25.4 Å². The Bertz CT molecular complexity index is 1500. The molecule has 1 aromatic carbocycles. The summed E-state index contributed by atoms with van der Waals surface area (Å²) in [5.41, 5.74) is 6.41. The van der Waals surface area contributed by atoms with Gasteiger partial charge in [0.2, 0.25) is 11.9 Å². The standard InChI is InChI=1S/C26H24F4N8/c1-2-38-24(34-16-4-5-17(19(27)9-16)18-7-8-32-22(31)21(18)28)35-23(36-38)15-3-6-20(33-10-15)37-13-25(14-37)11-26(29,30)12-25/h3-10H,2,11-14H2,1H3,(H2,31,32)(H,34,35,36). The minimum atomic E-state index is -2.53. The van der Waals surface area contributed by atoms with Crippen LogP contribution in [-0.2, 0) is 6.54 Å². The van der Waals surface area contributed by atoms with E-state index in [4.69, 9.17) is 5.73 Å². The van der Waals surface area contributed by atoms with Crippen LogP contribution in [0.4, 0.5) is 40.8 Å². The molecule has 6 rings (SSSR count). The van der Waals surface area contributed by atoms with Crippen LogP contribution >= 0.6 is 0 Å². The van der Waals surface area contributed by atoms with Crippen molar-refractivity contribution in [1.29, 1.82) is 0 Å². The van der Waals surface area contributed by atoms with Gasteiger partial charge in [-0.05, 0) is 43.3 Å². The van der Waals surface area contributed by atoms with Crippen LogP contribution in [0, 0.1) is 17.0 Å². The van der Waals surface area contributed by atoms with Crippen LogP contribution < -0.4 is 16.0 Å². The summed E-state index contributed by atoms with van der Waals surface area (Å²) >= 11 is 0. The predicted molar refractivity (Wildman–Crippen MR) is 135 cm³/mol. The van der Waals surface area contributed by atoms with Gasteiger partial charge in [-0.1, -0.05) is 0 Å². The maximum Gasteiger partial charge on any atom is 0.249 e. The molecule has 0 radical (unpaired) electrons. The van der Waals surface area contributed by atoms with Crippen LogP contribution in [0.15, 0.2) is 48.8 Å². The zero-order valence-corrected chi connectivity index (χ0v) is 20.4. The normalized spacial score (nSPS) is 17.2. The van der Waals surface area contributed by atoms with Crippen LogP contribution in [0.3, 0.4) is 0 Å². The van der Waals surface area contributed by atoms with E-state index in [1.807, 2.05) is 24.0 Å². The molecule has 8 nitrogen and oxygen atoms in total. The number of hydrogen-bond donors (Lipinski definition) is 2. The number of benzene rings is 1. The number of rotatable bonds is 6. The van der Waals surface area contributed by atoms with Crippen molar-refractivity contribution in [2.75, 3.05) is 29.0 Å². The average Bonchev–Trinajstić information content (AvgIpc) is 3.26. The van der Waals surface area contributed by atoms with Gasteiger partial charge in [0.05, 0.1) is 0 Å². The van der Waals surface area contributed by atoms with Crippen LogP contribution in [0.5, 0.6) is 0 Å². The third-order valence-electron chi connectivity index (χ3n) is 7.05. The lowest BCUT2D eigenvalue weighted by molar-refractivity contribution is -0.170. The predicted octanol–water partition coefficient (Wildman–Crippen LogP) is 5.26. The van der Waals surface area contributed by atoms with Crippen LogP contribution in [0.2, 0.25) is 0 Å². The third kappa shape index (κ3) is 4.19. The SMILES string of the molecule is CCn1nc(-c2ccc(N3CC4(C3)CC(F)(F)C4)nc2)nc1Nc1ccc(-c2ccnc(N)c2F)c(F)c1. The van der Waals surface area contributed by atoms with E-state index in [1.165, 1.54) is 24.4 Å². The lowest BCUT2D eigenvalue weighted by Gasteiger charge is -2.59. The Labute approximate surface area is 215 Å². The van der Waals surface area contributed by atoms with Gasteiger partial charge in [0.15, 0.2) is 17.5 Å². The Morgan fingerprint density at radius 3 is 2.47 bits per heavy atom. The molecule has 4 heterocycles. The number of aromatic nitrogens is 5. The summed E-state index contributed by atoms with van der Waals surface area (Å²) in [5.74, 6) is -2.69. The van der Waals surface area contributed by atoms with Gasteiger partial charge in [-0.15, -0.1) is 5.10 Å². The van der Waals surface area contributed by atoms with Crippen molar-refractivity contribution in [2.24, 2.45) is 5.41 Å². The van der Waals surface area contributed by atoms with E-state index in [0.29, 0.717) is 42.7 Å². The van der Waals surface area contributed by atoms with Gasteiger partial charge in [0.1, 0.15) is 11.6 Å². The first-order valence-electron chi connectivity index (χ1n) is 12.2. The van der Waals surface area contributed by atoms with E-state index < -0.39 is 17.6 Å². The highest BCUT2D eigenvalue weighted by atomic mass is 19.3. The molecule has 1 saturated heterocycles. The molecule has 1 saturated carbocycles. The number of alkyl halides is 2. The maximum atomic E-state index is 14.9. The second kappa shape index (κ2) is 8.67. The summed E-state index contributed by atoms with van der Waals surface area (Å²) in [6, 6.07) is 9.34. The van der Waals surface area contributed by atoms with Crippen molar-refractivity contribution in [1.82, 2.24) is 24.7 Å². The van der Waals surface area contributed by atoms with Crippen molar-refractivity contribution >= 4 is 23.3 Å². The largest absolute Gasteiger partial charge is 0.381 e. The van der Waals surface area contributed by atoms with E-state index >= 15 is 0 Å². The molecule has 0 atom stereocenters. The summed E-state index contributed by atoms with van der Waals surface area (Å²) < 4.78 is 57.4. The van der Waals surface area contributed by atoms with E-state index in [9.17, 15) is 17.6 Å². The number of halogens is 4. The van der Waals surface area contributed by atoms with Crippen LogP contribution in [0.1, 0.15) is 19.8 Å². The second-order valence-corrected chi connectivity index (χ2v) is 9.92. The molecule has 3 N–H and O–H groups in total. The maximum absolute atomic E-state index is 14.9. The van der Waals surface area contributed by atoms with Gasteiger partial charge in [0.25, 0.3) is 0 Å². The quantitative estimate of drug-likeness (QED) is 0.332. The van der Waals surface area contributed by atoms with Gasteiger partial charge in [-0.2, -0.15) is 4.98 Å². The smallest absolute Gasteiger partial charge is 0.249 e. The van der Waals surface area contributed by atoms with Crippen LogP contribution in [0.25, 0.3) is 22.5 Å². The fourth-order valence-electron chi connectivity index (χ4n) is 5.29. The van der Waals surface area contributed by atoms with Gasteiger partial charge in [0, 0.05) is 72.7 Å². The molecular weight excluding hydrogens is 500 g/mol. The molecular formula is C26H24F4N8. The molecule has 38 heavy (non-hydrogen) atoms. The molecule has 1 aliphatic carbocycles. The molecule has 12 heteroatoms. The lowest BCUT2D eigenvalue weighted by atomic mass is 9.61. The average molecular weight is 525 g/mol. The van der Waals surface area contributed by atoms with Gasteiger partial charge in [-0.3, -0.25) is 0 Å². The first-order chi connectivity index (χ1) is 18.2. The minimum Gasteiger partial charge on any atom is -0.381 e. The highest BCUT2D eigenvalue weighted by Crippen LogP contribution is 2.57. The monoisotopic (exact) mass is 524 g/mol. The summed E-state index contributed by atoms with van der Waals surface area (Å²) in [6.45, 7) is 3.57. The summed E-state index contributed by atoms with van der Waals surface area (Å²) in [7, 11) is 0. The first kappa shape index (κ1) is 24.1. The number of anilines is 4. The Morgan fingerprint density at radius 1 is 1.03 bits per heavy atom. The molecule has 2 fully saturated rings. The Morgan fingerprint density at radius 2 is 1.82 bits per heavy atom. The molecule has 0 bridgehead atoms. The first-order valence-corrected chi connectivity index (χ1v) is 12.2. The fourth-order valence-corrected chi connectivity index (χ4v) is 5.29. The zero-order chi connectivity index (χ0) is 26.7. The van der Waals surface area contributed by atoms with E-state index in [0.717, 1.165) is 5.82 Å². The lowest BCUT2D eigenvalue weighted by Crippen LogP contribution is -2.66. The molecule has 2 aliphatic rings. The van der Waals surface area contributed by atoms with Crippen molar-refractivity contribution in [3.05, 3.63) is 60.4 Å². The third-order valence-corrected chi connectivity index (χ3v) is 7.05. The molecule has 3 aromatic heterocycles. The number of aryl methyl sites for hydroxylation is 1. The van der Waals surface area contributed by atoms with Crippen LogP contribution in [-0.4, -0.2) is 43.7 Å². The highest BCUT2D eigenvalue weighted by Gasteiger charge is 2.61. The fraction of sp³-hybridized carbons (Fsp3) is 0.308. The summed E-state index contributed by atoms with van der Waals surface area (Å²) in [6.07, 6.45) is 2.87. The molecule has 1 spiro atoms. The number of nitrogen functional groups attached to an aromatic ring is 1. The number of nitrogens with one attached hydrogen (secondary N) is 1. The van der Waals surface area contributed by atoms with Crippen molar-refractivity contribution < 1.29 is 17.6 Å². The number of nitrogens with zero attached hydrogens (tertiary/aromatic N) is 6. The van der Waals surface area contributed by atoms with Crippen molar-refractivity contribution in [3.63, 3.8) is 0 Å². The molecule has 4 aromatic rings. The van der Waals surface area contributed by atoms with Gasteiger partial charge < -0.3 is 16.0 Å². The molecule has 0 amide bonds. The van der Waals surface area contributed by atoms with E-state index in [-0.39, 0.29) is 35.2 Å².